The average Bonchev–Trinajstić information content (AvgIpc) is 2.62. The maximum Gasteiger partial charge on any atom is 0.134 e. The lowest BCUT2D eigenvalue weighted by molar-refractivity contribution is 0.303. The van der Waals surface area contributed by atoms with Gasteiger partial charge in [0.1, 0.15) is 18.2 Å². The molecule has 26 heavy (non-hydrogen) atoms. The number of hydrogen-bond acceptors (Lipinski definition) is 2. The van der Waals surface area contributed by atoms with Crippen molar-refractivity contribution < 1.29 is 9.13 Å². The SMILES string of the molecule is Cc1c(Cl)cccc1N=Cc1ccc(OCc2cccc(F)c2)c(Br)c1. The number of rotatable bonds is 5. The Labute approximate surface area is 165 Å². The fourth-order valence-corrected chi connectivity index (χ4v) is 3.06. The zero-order valence-electron chi connectivity index (χ0n) is 14.0. The van der Waals surface area contributed by atoms with Crippen LogP contribution < -0.4 is 4.74 Å². The van der Waals surface area contributed by atoms with Crippen LogP contribution in [-0.2, 0) is 6.61 Å². The highest BCUT2D eigenvalue weighted by Crippen LogP contribution is 2.28. The highest BCUT2D eigenvalue weighted by molar-refractivity contribution is 9.10. The van der Waals surface area contributed by atoms with Gasteiger partial charge in [-0.25, -0.2) is 4.39 Å². The summed E-state index contributed by atoms with van der Waals surface area (Å²) < 4.78 is 19.8. The molecule has 132 valence electrons. The largest absolute Gasteiger partial charge is 0.488 e. The van der Waals surface area contributed by atoms with Crippen LogP contribution >= 0.6 is 27.5 Å². The van der Waals surface area contributed by atoms with E-state index in [0.717, 1.165) is 26.9 Å². The molecule has 3 aromatic carbocycles. The summed E-state index contributed by atoms with van der Waals surface area (Å²) in [5, 5.41) is 0.696. The summed E-state index contributed by atoms with van der Waals surface area (Å²) in [6, 6.07) is 17.7. The fourth-order valence-electron chi connectivity index (χ4n) is 2.38. The van der Waals surface area contributed by atoms with E-state index >= 15 is 0 Å². The zero-order chi connectivity index (χ0) is 18.5. The van der Waals surface area contributed by atoms with Crippen molar-refractivity contribution in [3.63, 3.8) is 0 Å². The second kappa shape index (κ2) is 8.47. The first-order valence-corrected chi connectivity index (χ1v) is 9.16. The molecular weight excluding hydrogens is 417 g/mol. The molecule has 0 spiro atoms. The van der Waals surface area contributed by atoms with E-state index in [4.69, 9.17) is 16.3 Å². The van der Waals surface area contributed by atoms with Crippen molar-refractivity contribution in [1.29, 1.82) is 0 Å². The van der Waals surface area contributed by atoms with Gasteiger partial charge in [-0.2, -0.15) is 0 Å². The van der Waals surface area contributed by atoms with E-state index in [1.54, 1.807) is 12.3 Å². The third-order valence-corrected chi connectivity index (χ3v) is 4.86. The Morgan fingerprint density at radius 2 is 1.92 bits per heavy atom. The summed E-state index contributed by atoms with van der Waals surface area (Å²) in [4.78, 5) is 4.50. The number of hydrogen-bond donors (Lipinski definition) is 0. The van der Waals surface area contributed by atoms with Crippen LogP contribution in [0.5, 0.6) is 5.75 Å². The summed E-state index contributed by atoms with van der Waals surface area (Å²) in [5.41, 5.74) is 3.48. The molecule has 3 rings (SSSR count). The number of benzene rings is 3. The standard InChI is InChI=1S/C21H16BrClFNO/c1-14-19(23)6-3-7-20(14)25-12-15-8-9-21(18(22)11-15)26-13-16-4-2-5-17(24)10-16/h2-12H,13H2,1H3. The minimum atomic E-state index is -0.270. The Kier molecular flexibility index (Phi) is 6.07. The van der Waals surface area contributed by atoms with Crippen molar-refractivity contribution in [3.8, 4) is 5.75 Å². The predicted octanol–water partition coefficient (Wildman–Crippen LogP) is 6.88. The number of nitrogens with zero attached hydrogens (tertiary/aromatic N) is 1. The van der Waals surface area contributed by atoms with Gasteiger partial charge in [0.15, 0.2) is 0 Å². The maximum atomic E-state index is 13.2. The molecule has 0 fully saturated rings. The van der Waals surface area contributed by atoms with Gasteiger partial charge >= 0.3 is 0 Å². The monoisotopic (exact) mass is 431 g/mol. The van der Waals surface area contributed by atoms with Gasteiger partial charge in [0, 0.05) is 11.2 Å². The maximum absolute atomic E-state index is 13.2. The highest BCUT2D eigenvalue weighted by Gasteiger charge is 2.04. The van der Waals surface area contributed by atoms with Crippen molar-refractivity contribution in [1.82, 2.24) is 0 Å². The van der Waals surface area contributed by atoms with Crippen molar-refractivity contribution in [2.75, 3.05) is 0 Å². The van der Waals surface area contributed by atoms with Crippen molar-refractivity contribution in [2.45, 2.75) is 13.5 Å². The molecule has 0 amide bonds. The first-order chi connectivity index (χ1) is 12.5. The van der Waals surface area contributed by atoms with E-state index in [-0.39, 0.29) is 5.82 Å². The Balaban J connectivity index is 1.71. The van der Waals surface area contributed by atoms with E-state index in [9.17, 15) is 4.39 Å². The zero-order valence-corrected chi connectivity index (χ0v) is 16.4. The molecule has 0 heterocycles. The average molecular weight is 433 g/mol. The lowest BCUT2D eigenvalue weighted by Crippen LogP contribution is -1.97. The second-order valence-electron chi connectivity index (χ2n) is 5.75. The lowest BCUT2D eigenvalue weighted by atomic mass is 10.2. The molecule has 0 saturated carbocycles. The van der Waals surface area contributed by atoms with Gasteiger partial charge < -0.3 is 4.74 Å². The Hall–Kier alpha value is -2.17. The minimum absolute atomic E-state index is 0.270. The van der Waals surface area contributed by atoms with E-state index in [1.807, 2.05) is 49.4 Å². The van der Waals surface area contributed by atoms with Gasteiger partial charge in [-0.3, -0.25) is 4.99 Å². The van der Waals surface area contributed by atoms with Crippen molar-refractivity contribution in [2.24, 2.45) is 4.99 Å². The summed E-state index contributed by atoms with van der Waals surface area (Å²) >= 11 is 9.62. The third kappa shape index (κ3) is 4.71. The summed E-state index contributed by atoms with van der Waals surface area (Å²) in [7, 11) is 0. The minimum Gasteiger partial charge on any atom is -0.488 e. The molecule has 0 atom stereocenters. The summed E-state index contributed by atoms with van der Waals surface area (Å²) in [5.74, 6) is 0.415. The predicted molar refractivity (Wildman–Crippen MR) is 108 cm³/mol. The van der Waals surface area contributed by atoms with Gasteiger partial charge in [-0.05, 0) is 82.0 Å². The summed E-state index contributed by atoms with van der Waals surface area (Å²) in [6.45, 7) is 2.24. The van der Waals surface area contributed by atoms with Crippen LogP contribution in [0.3, 0.4) is 0 Å². The van der Waals surface area contributed by atoms with Gasteiger partial charge in [0.05, 0.1) is 10.2 Å². The molecule has 0 radical (unpaired) electrons. The molecule has 0 aliphatic rings. The molecule has 0 unspecified atom stereocenters. The molecule has 3 aromatic rings. The van der Waals surface area contributed by atoms with Crippen LogP contribution in [0.4, 0.5) is 10.1 Å². The van der Waals surface area contributed by atoms with Gasteiger partial charge in [-0.15, -0.1) is 0 Å². The number of aliphatic imine (C=N–C) groups is 1. The normalized spacial score (nSPS) is 11.1. The molecule has 5 heteroatoms. The molecule has 0 aromatic heterocycles. The van der Waals surface area contributed by atoms with Crippen LogP contribution in [0.2, 0.25) is 5.02 Å². The van der Waals surface area contributed by atoms with E-state index in [1.165, 1.54) is 12.1 Å². The van der Waals surface area contributed by atoms with E-state index in [0.29, 0.717) is 17.4 Å². The first-order valence-electron chi connectivity index (χ1n) is 7.99. The quantitative estimate of drug-likeness (QED) is 0.403. The van der Waals surface area contributed by atoms with Crippen LogP contribution in [0.1, 0.15) is 16.7 Å². The Bertz CT molecular complexity index is 958. The van der Waals surface area contributed by atoms with Crippen molar-refractivity contribution >= 4 is 39.4 Å². The van der Waals surface area contributed by atoms with Crippen LogP contribution in [0, 0.1) is 12.7 Å². The fraction of sp³-hybridized carbons (Fsp3) is 0.0952. The van der Waals surface area contributed by atoms with E-state index < -0.39 is 0 Å². The Morgan fingerprint density at radius 1 is 1.12 bits per heavy atom. The summed E-state index contributed by atoms with van der Waals surface area (Å²) in [6.07, 6.45) is 1.78. The van der Waals surface area contributed by atoms with Crippen LogP contribution in [0.25, 0.3) is 0 Å². The molecule has 0 aliphatic heterocycles. The first kappa shape index (κ1) is 18.6. The molecular formula is C21H16BrClFNO. The topological polar surface area (TPSA) is 21.6 Å². The number of halogens is 3. The van der Waals surface area contributed by atoms with Gasteiger partial charge in [0.25, 0.3) is 0 Å². The molecule has 0 saturated heterocycles. The second-order valence-corrected chi connectivity index (χ2v) is 7.01. The molecule has 0 aliphatic carbocycles. The molecule has 2 nitrogen and oxygen atoms in total. The molecule has 0 bridgehead atoms. The van der Waals surface area contributed by atoms with Gasteiger partial charge in [0.2, 0.25) is 0 Å². The third-order valence-electron chi connectivity index (χ3n) is 3.83. The Morgan fingerprint density at radius 3 is 2.69 bits per heavy atom. The van der Waals surface area contributed by atoms with E-state index in [2.05, 4.69) is 20.9 Å². The van der Waals surface area contributed by atoms with Crippen molar-refractivity contribution in [3.05, 3.63) is 92.7 Å². The van der Waals surface area contributed by atoms with Crippen LogP contribution in [0.15, 0.2) is 70.1 Å². The number of ether oxygens (including phenoxy) is 1. The van der Waals surface area contributed by atoms with Crippen LogP contribution in [-0.4, -0.2) is 6.21 Å². The smallest absolute Gasteiger partial charge is 0.134 e. The highest BCUT2D eigenvalue weighted by atomic mass is 79.9. The lowest BCUT2D eigenvalue weighted by Gasteiger charge is -2.09. The molecule has 0 N–H and O–H groups in total. The van der Waals surface area contributed by atoms with Gasteiger partial charge in [-0.1, -0.05) is 29.8 Å².